The van der Waals surface area contributed by atoms with E-state index in [1.54, 1.807) is 11.0 Å². The van der Waals surface area contributed by atoms with Crippen molar-refractivity contribution in [3.8, 4) is 0 Å². The van der Waals surface area contributed by atoms with Crippen LogP contribution in [0.4, 0.5) is 0 Å². The topological polar surface area (TPSA) is 63.0 Å². The molecule has 1 heterocycles. The third kappa shape index (κ3) is 4.28. The van der Waals surface area contributed by atoms with E-state index in [1.165, 1.54) is 0 Å². The van der Waals surface area contributed by atoms with Gasteiger partial charge in [-0.05, 0) is 18.3 Å². The summed E-state index contributed by atoms with van der Waals surface area (Å²) in [4.78, 5) is 4.15. The number of hydrogen-bond donors (Lipinski definition) is 2. The highest BCUT2D eigenvalue weighted by Gasteiger charge is 2.16. The molecule has 0 saturated heterocycles. The van der Waals surface area contributed by atoms with Crippen LogP contribution in [0, 0.1) is 5.41 Å². The summed E-state index contributed by atoms with van der Waals surface area (Å²) in [5, 5.41) is 16.2. The van der Waals surface area contributed by atoms with Gasteiger partial charge in [0.2, 0.25) is 0 Å². The number of nitrogens with one attached hydrogen (secondary N) is 1. The second-order valence-corrected chi connectivity index (χ2v) is 4.89. The summed E-state index contributed by atoms with van der Waals surface area (Å²) in [5.41, 5.74) is 0.210. The van der Waals surface area contributed by atoms with Crippen LogP contribution in [0.15, 0.2) is 6.33 Å². The molecule has 1 aromatic rings. The Hall–Kier alpha value is -0.940. The van der Waals surface area contributed by atoms with Gasteiger partial charge in [-0.25, -0.2) is 4.98 Å². The number of aryl methyl sites for hydroxylation is 1. The van der Waals surface area contributed by atoms with Crippen LogP contribution in [0.3, 0.4) is 0 Å². The Bertz CT molecular complexity index is 309. The minimum absolute atomic E-state index is 0.210. The van der Waals surface area contributed by atoms with Gasteiger partial charge in [0.25, 0.3) is 0 Å². The van der Waals surface area contributed by atoms with Gasteiger partial charge in [-0.2, -0.15) is 5.10 Å². The van der Waals surface area contributed by atoms with E-state index in [2.05, 4.69) is 29.2 Å². The highest BCUT2D eigenvalue weighted by molar-refractivity contribution is 4.83. The van der Waals surface area contributed by atoms with Gasteiger partial charge in [-0.3, -0.25) is 4.68 Å². The molecular formula is C11H22N4O. The lowest BCUT2D eigenvalue weighted by Crippen LogP contribution is -2.30. The smallest absolute Gasteiger partial charge is 0.140 e. The van der Waals surface area contributed by atoms with Gasteiger partial charge in [-0.15, -0.1) is 0 Å². The van der Waals surface area contributed by atoms with Gasteiger partial charge in [0, 0.05) is 20.2 Å². The maximum atomic E-state index is 8.80. The molecule has 0 atom stereocenters. The van der Waals surface area contributed by atoms with Gasteiger partial charge in [0.15, 0.2) is 0 Å². The third-order valence-electron chi connectivity index (χ3n) is 2.70. The van der Waals surface area contributed by atoms with E-state index >= 15 is 0 Å². The Morgan fingerprint density at radius 1 is 1.50 bits per heavy atom. The minimum Gasteiger partial charge on any atom is -0.396 e. The number of hydrogen-bond acceptors (Lipinski definition) is 4. The first-order valence-electron chi connectivity index (χ1n) is 5.69. The molecule has 1 rings (SSSR count). The van der Waals surface area contributed by atoms with Gasteiger partial charge >= 0.3 is 0 Å². The van der Waals surface area contributed by atoms with Crippen molar-refractivity contribution in [2.75, 3.05) is 13.2 Å². The molecule has 92 valence electrons. The maximum absolute atomic E-state index is 8.80. The zero-order valence-electron chi connectivity index (χ0n) is 10.4. The van der Waals surface area contributed by atoms with Crippen molar-refractivity contribution < 1.29 is 5.11 Å². The first kappa shape index (κ1) is 13.1. The molecule has 0 aliphatic heterocycles. The molecule has 16 heavy (non-hydrogen) atoms. The molecule has 0 radical (unpaired) electrons. The zero-order chi connectivity index (χ0) is 12.0. The lowest BCUT2D eigenvalue weighted by Gasteiger charge is -2.24. The standard InChI is InChI=1S/C11H22N4O/c1-11(2,5-4-6-16)8-12-7-10-13-9-14-15(10)3/h9,12,16H,4-8H2,1-3H3. The summed E-state index contributed by atoms with van der Waals surface area (Å²) in [6, 6.07) is 0. The molecule has 5 nitrogen and oxygen atoms in total. The fourth-order valence-corrected chi connectivity index (χ4v) is 1.64. The van der Waals surface area contributed by atoms with E-state index in [9.17, 15) is 0 Å². The molecule has 0 spiro atoms. The van der Waals surface area contributed by atoms with Gasteiger partial charge < -0.3 is 10.4 Å². The lowest BCUT2D eigenvalue weighted by molar-refractivity contribution is 0.236. The van der Waals surface area contributed by atoms with Crippen LogP contribution in [0.25, 0.3) is 0 Å². The average molecular weight is 226 g/mol. The molecule has 1 aromatic heterocycles. The van der Waals surface area contributed by atoms with Crippen molar-refractivity contribution in [1.82, 2.24) is 20.1 Å². The Labute approximate surface area is 96.9 Å². The molecule has 0 unspecified atom stereocenters. The minimum atomic E-state index is 0.210. The third-order valence-corrected chi connectivity index (χ3v) is 2.70. The fourth-order valence-electron chi connectivity index (χ4n) is 1.64. The van der Waals surface area contributed by atoms with Crippen molar-refractivity contribution >= 4 is 0 Å². The van der Waals surface area contributed by atoms with Gasteiger partial charge in [-0.1, -0.05) is 13.8 Å². The molecule has 0 aromatic carbocycles. The lowest BCUT2D eigenvalue weighted by atomic mass is 9.88. The first-order chi connectivity index (χ1) is 7.55. The van der Waals surface area contributed by atoms with E-state index in [-0.39, 0.29) is 12.0 Å². The summed E-state index contributed by atoms with van der Waals surface area (Å²) < 4.78 is 1.77. The van der Waals surface area contributed by atoms with E-state index in [4.69, 9.17) is 5.11 Å². The predicted molar refractivity (Wildman–Crippen MR) is 62.8 cm³/mol. The average Bonchev–Trinajstić information content (AvgIpc) is 2.62. The summed E-state index contributed by atoms with van der Waals surface area (Å²) in [7, 11) is 1.89. The van der Waals surface area contributed by atoms with Crippen LogP contribution in [0.1, 0.15) is 32.5 Å². The molecule has 0 amide bonds. The van der Waals surface area contributed by atoms with Crippen molar-refractivity contribution in [3.05, 3.63) is 12.2 Å². The fraction of sp³-hybridized carbons (Fsp3) is 0.818. The van der Waals surface area contributed by atoms with Crippen molar-refractivity contribution in [2.45, 2.75) is 33.2 Å². The number of nitrogens with zero attached hydrogens (tertiary/aromatic N) is 3. The number of aliphatic hydroxyl groups is 1. The monoisotopic (exact) mass is 226 g/mol. The van der Waals surface area contributed by atoms with E-state index in [1.807, 2.05) is 7.05 Å². The Morgan fingerprint density at radius 3 is 2.81 bits per heavy atom. The summed E-state index contributed by atoms with van der Waals surface area (Å²) in [5.74, 6) is 0.943. The van der Waals surface area contributed by atoms with Crippen LogP contribution in [0.2, 0.25) is 0 Å². The summed E-state index contributed by atoms with van der Waals surface area (Å²) in [6.45, 7) is 6.32. The van der Waals surface area contributed by atoms with Crippen molar-refractivity contribution in [2.24, 2.45) is 12.5 Å². The molecule has 0 aliphatic carbocycles. The van der Waals surface area contributed by atoms with E-state index in [0.717, 1.165) is 31.8 Å². The van der Waals surface area contributed by atoms with E-state index in [0.29, 0.717) is 0 Å². The number of aliphatic hydroxyl groups excluding tert-OH is 1. The molecule has 2 N–H and O–H groups in total. The number of aromatic nitrogens is 3. The van der Waals surface area contributed by atoms with Crippen LogP contribution in [0.5, 0.6) is 0 Å². The Morgan fingerprint density at radius 2 is 2.25 bits per heavy atom. The van der Waals surface area contributed by atoms with Crippen LogP contribution in [-0.2, 0) is 13.6 Å². The van der Waals surface area contributed by atoms with Crippen LogP contribution < -0.4 is 5.32 Å². The Balaban J connectivity index is 2.27. The van der Waals surface area contributed by atoms with Gasteiger partial charge in [0.1, 0.15) is 12.2 Å². The predicted octanol–water partition coefficient (Wildman–Crippen LogP) is 0.703. The van der Waals surface area contributed by atoms with Gasteiger partial charge in [0.05, 0.1) is 6.54 Å². The van der Waals surface area contributed by atoms with Crippen molar-refractivity contribution in [3.63, 3.8) is 0 Å². The largest absolute Gasteiger partial charge is 0.396 e. The maximum Gasteiger partial charge on any atom is 0.140 e. The van der Waals surface area contributed by atoms with E-state index < -0.39 is 0 Å². The highest BCUT2D eigenvalue weighted by atomic mass is 16.2. The Kier molecular flexibility index (Phi) is 4.89. The first-order valence-corrected chi connectivity index (χ1v) is 5.69. The second-order valence-electron chi connectivity index (χ2n) is 4.89. The molecular weight excluding hydrogens is 204 g/mol. The second kappa shape index (κ2) is 5.96. The molecule has 0 aliphatic rings. The normalized spacial score (nSPS) is 12.0. The summed E-state index contributed by atoms with van der Waals surface area (Å²) in [6.07, 6.45) is 3.45. The quantitative estimate of drug-likeness (QED) is 0.718. The van der Waals surface area contributed by atoms with Crippen molar-refractivity contribution in [1.29, 1.82) is 0 Å². The SMILES string of the molecule is Cn1ncnc1CNCC(C)(C)CCCO. The number of rotatable bonds is 7. The van der Waals surface area contributed by atoms with Crippen LogP contribution >= 0.6 is 0 Å². The summed E-state index contributed by atoms with van der Waals surface area (Å²) >= 11 is 0. The molecule has 0 fully saturated rings. The van der Waals surface area contributed by atoms with Crippen LogP contribution in [-0.4, -0.2) is 33.0 Å². The molecule has 5 heteroatoms. The molecule has 0 bridgehead atoms. The highest BCUT2D eigenvalue weighted by Crippen LogP contribution is 2.20. The molecule has 0 saturated carbocycles. The zero-order valence-corrected chi connectivity index (χ0v) is 10.4.